The second kappa shape index (κ2) is 14.5. The molecular formula is C27H36FN7O4S. The molecule has 1 saturated heterocycles. The standard InChI is InChI=1S/C27H36FN7O4S/c1-16(2)22(34-24(38)25-32-15-21(40-25)17-8-4-3-5-9-17)26(39)35-13-7-11-19(35)23(37)33-18(20(36)14-28)10-6-12-31-27(29)30/h3-5,8-9,15-16,18-19,22H,6-7,10-14H2,1-2H3,(H,33,37)(H,34,38)(H4,29,30,31). The highest BCUT2D eigenvalue weighted by Gasteiger charge is 2.39. The zero-order chi connectivity index (χ0) is 29.2. The lowest BCUT2D eigenvalue weighted by atomic mass is 10.0. The summed E-state index contributed by atoms with van der Waals surface area (Å²) in [7, 11) is 0. The largest absolute Gasteiger partial charge is 0.370 e. The zero-order valence-corrected chi connectivity index (χ0v) is 23.4. The number of ketones is 1. The number of benzene rings is 1. The number of carbonyl (C=O) groups excluding carboxylic acids is 4. The Balaban J connectivity index is 1.66. The first-order chi connectivity index (χ1) is 19.1. The van der Waals surface area contributed by atoms with E-state index in [4.69, 9.17) is 11.1 Å². The number of nitrogens with zero attached hydrogens (tertiary/aromatic N) is 2. The third-order valence-corrected chi connectivity index (χ3v) is 7.68. The van der Waals surface area contributed by atoms with Gasteiger partial charge in [0.05, 0.1) is 10.9 Å². The monoisotopic (exact) mass is 573 g/mol. The molecule has 2 heterocycles. The van der Waals surface area contributed by atoms with Gasteiger partial charge < -0.3 is 26.6 Å². The smallest absolute Gasteiger partial charge is 0.280 e. The number of Topliss-reactive ketones (excluding diaryl/α,β-unsaturated/α-hetero) is 1. The Morgan fingerprint density at radius 3 is 2.58 bits per heavy atom. The van der Waals surface area contributed by atoms with E-state index in [1.807, 2.05) is 30.3 Å². The summed E-state index contributed by atoms with van der Waals surface area (Å²) < 4.78 is 13.2. The van der Waals surface area contributed by atoms with Crippen LogP contribution in [0.2, 0.25) is 0 Å². The minimum Gasteiger partial charge on any atom is -0.370 e. The Morgan fingerprint density at radius 2 is 1.93 bits per heavy atom. The van der Waals surface area contributed by atoms with Crippen molar-refractivity contribution < 1.29 is 23.6 Å². The molecule has 0 saturated carbocycles. The van der Waals surface area contributed by atoms with Gasteiger partial charge in [-0.3, -0.25) is 24.6 Å². The molecule has 11 nitrogen and oxygen atoms in total. The number of halogens is 1. The number of nitrogens with one attached hydrogen (secondary N) is 4. The zero-order valence-electron chi connectivity index (χ0n) is 22.6. The molecule has 1 aromatic heterocycles. The summed E-state index contributed by atoms with van der Waals surface area (Å²) in [5.74, 6) is -2.69. The highest BCUT2D eigenvalue weighted by Crippen LogP contribution is 2.26. The maximum absolute atomic E-state index is 13.6. The van der Waals surface area contributed by atoms with E-state index in [9.17, 15) is 23.6 Å². The average Bonchev–Trinajstić information content (AvgIpc) is 3.63. The molecule has 3 amide bonds. The molecule has 216 valence electrons. The normalized spacial score (nSPS) is 16.3. The number of thiazole rings is 1. The fraction of sp³-hybridized carbons (Fsp3) is 0.481. The SMILES string of the molecule is CC(C)C(NC(=O)c1ncc(-c2ccccc2)s1)C(=O)N1CCCC1C(=O)NC(CCCNC(=N)N)C(=O)CF. The molecule has 0 bridgehead atoms. The molecule has 6 N–H and O–H groups in total. The predicted molar refractivity (Wildman–Crippen MR) is 150 cm³/mol. The van der Waals surface area contributed by atoms with Gasteiger partial charge in [0, 0.05) is 19.3 Å². The number of rotatable bonds is 13. The van der Waals surface area contributed by atoms with Crippen LogP contribution in [0.15, 0.2) is 36.5 Å². The van der Waals surface area contributed by atoms with E-state index in [0.717, 1.165) is 10.4 Å². The van der Waals surface area contributed by atoms with Crippen molar-refractivity contribution in [3.63, 3.8) is 0 Å². The lowest BCUT2D eigenvalue weighted by Gasteiger charge is -2.31. The molecule has 2 aromatic rings. The molecule has 13 heteroatoms. The van der Waals surface area contributed by atoms with Crippen LogP contribution >= 0.6 is 11.3 Å². The van der Waals surface area contributed by atoms with Crippen LogP contribution < -0.4 is 21.7 Å². The van der Waals surface area contributed by atoms with E-state index in [1.54, 1.807) is 20.0 Å². The van der Waals surface area contributed by atoms with Crippen molar-refractivity contribution in [1.29, 1.82) is 5.41 Å². The molecule has 40 heavy (non-hydrogen) atoms. The Bertz CT molecular complexity index is 1210. The Kier molecular flexibility index (Phi) is 11.1. The van der Waals surface area contributed by atoms with E-state index >= 15 is 0 Å². The predicted octanol–water partition coefficient (Wildman–Crippen LogP) is 1.84. The van der Waals surface area contributed by atoms with E-state index in [1.165, 1.54) is 16.2 Å². The maximum atomic E-state index is 13.6. The van der Waals surface area contributed by atoms with Crippen LogP contribution in [0.4, 0.5) is 4.39 Å². The summed E-state index contributed by atoms with van der Waals surface area (Å²) >= 11 is 1.22. The first kappa shape index (κ1) is 30.7. The Labute approximate surface area is 236 Å². The third kappa shape index (κ3) is 8.07. The van der Waals surface area contributed by atoms with Gasteiger partial charge in [-0.1, -0.05) is 44.2 Å². The number of aromatic nitrogens is 1. The summed E-state index contributed by atoms with van der Waals surface area (Å²) in [5, 5.41) is 15.4. The average molecular weight is 574 g/mol. The molecule has 1 aliphatic rings. The van der Waals surface area contributed by atoms with Gasteiger partial charge in [0.1, 0.15) is 18.8 Å². The minimum absolute atomic E-state index is 0.152. The van der Waals surface area contributed by atoms with Gasteiger partial charge >= 0.3 is 0 Å². The lowest BCUT2D eigenvalue weighted by Crippen LogP contribution is -2.56. The van der Waals surface area contributed by atoms with Crippen LogP contribution in [0.25, 0.3) is 10.4 Å². The summed E-state index contributed by atoms with van der Waals surface area (Å²) in [6, 6.07) is 6.72. The van der Waals surface area contributed by atoms with Crippen LogP contribution in [-0.2, 0) is 14.4 Å². The van der Waals surface area contributed by atoms with Gasteiger partial charge in [0.15, 0.2) is 16.8 Å². The number of nitrogens with two attached hydrogens (primary N) is 1. The van der Waals surface area contributed by atoms with Gasteiger partial charge in [-0.25, -0.2) is 9.37 Å². The van der Waals surface area contributed by atoms with Gasteiger partial charge in [0.2, 0.25) is 11.8 Å². The van der Waals surface area contributed by atoms with Crippen molar-refractivity contribution in [1.82, 2.24) is 25.8 Å². The van der Waals surface area contributed by atoms with Crippen molar-refractivity contribution in [3.05, 3.63) is 41.5 Å². The number of likely N-dealkylation sites (tertiary alicyclic amines) is 1. The molecule has 1 aromatic carbocycles. The van der Waals surface area contributed by atoms with Gasteiger partial charge in [0.25, 0.3) is 5.91 Å². The van der Waals surface area contributed by atoms with E-state index in [-0.39, 0.29) is 29.9 Å². The van der Waals surface area contributed by atoms with Crippen LogP contribution in [-0.4, -0.2) is 77.2 Å². The third-order valence-electron chi connectivity index (χ3n) is 6.64. The van der Waals surface area contributed by atoms with Crippen LogP contribution in [0.5, 0.6) is 0 Å². The molecule has 3 atom stereocenters. The number of carbonyl (C=O) groups is 4. The molecule has 0 radical (unpaired) electrons. The van der Waals surface area contributed by atoms with Crippen LogP contribution in [0.3, 0.4) is 0 Å². The van der Waals surface area contributed by atoms with Gasteiger partial charge in [-0.15, -0.1) is 11.3 Å². The minimum atomic E-state index is -1.23. The summed E-state index contributed by atoms with van der Waals surface area (Å²) in [6.45, 7) is 2.97. The number of alkyl halides is 1. The molecule has 0 spiro atoms. The second-order valence-electron chi connectivity index (χ2n) is 9.92. The summed E-state index contributed by atoms with van der Waals surface area (Å²) in [4.78, 5) is 58.4. The van der Waals surface area contributed by atoms with E-state index in [0.29, 0.717) is 25.8 Å². The highest BCUT2D eigenvalue weighted by molar-refractivity contribution is 7.17. The maximum Gasteiger partial charge on any atom is 0.280 e. The van der Waals surface area contributed by atoms with Crippen molar-refractivity contribution in [2.75, 3.05) is 19.8 Å². The number of guanidine groups is 1. The Morgan fingerprint density at radius 1 is 1.20 bits per heavy atom. The fourth-order valence-electron chi connectivity index (χ4n) is 4.52. The first-order valence-corrected chi connectivity index (χ1v) is 14.0. The van der Waals surface area contributed by atoms with Crippen molar-refractivity contribution in [3.8, 4) is 10.4 Å². The number of hydrogen-bond acceptors (Lipinski definition) is 7. The van der Waals surface area contributed by atoms with Crippen LogP contribution in [0, 0.1) is 11.3 Å². The summed E-state index contributed by atoms with van der Waals surface area (Å²) in [5.41, 5.74) is 6.18. The molecule has 0 aliphatic carbocycles. The van der Waals surface area contributed by atoms with Crippen molar-refractivity contribution >= 4 is 40.8 Å². The molecular weight excluding hydrogens is 537 g/mol. The topological polar surface area (TPSA) is 170 Å². The molecule has 1 aliphatic heterocycles. The number of amides is 3. The first-order valence-electron chi connectivity index (χ1n) is 13.2. The van der Waals surface area contributed by atoms with Gasteiger partial charge in [-0.2, -0.15) is 0 Å². The second-order valence-corrected chi connectivity index (χ2v) is 11.0. The van der Waals surface area contributed by atoms with Gasteiger partial charge in [-0.05, 0) is 37.2 Å². The fourth-order valence-corrected chi connectivity index (χ4v) is 5.34. The molecule has 3 rings (SSSR count). The van der Waals surface area contributed by atoms with Crippen molar-refractivity contribution in [2.45, 2.75) is 57.7 Å². The lowest BCUT2D eigenvalue weighted by molar-refractivity contribution is -0.141. The quantitative estimate of drug-likeness (QED) is 0.138. The Hall–Kier alpha value is -3.87. The van der Waals surface area contributed by atoms with E-state index < -0.39 is 48.3 Å². The highest BCUT2D eigenvalue weighted by atomic mass is 32.1. The molecule has 1 fully saturated rings. The number of hydrogen-bond donors (Lipinski definition) is 5. The van der Waals surface area contributed by atoms with Crippen molar-refractivity contribution in [2.24, 2.45) is 11.7 Å². The summed E-state index contributed by atoms with van der Waals surface area (Å²) in [6.07, 6.45) is 3.09. The molecule has 3 unspecified atom stereocenters. The van der Waals surface area contributed by atoms with Crippen LogP contribution in [0.1, 0.15) is 49.3 Å². The van der Waals surface area contributed by atoms with E-state index in [2.05, 4.69) is 20.9 Å².